The van der Waals surface area contributed by atoms with Crippen molar-refractivity contribution in [1.82, 2.24) is 10.6 Å². The second kappa shape index (κ2) is 7.15. The Morgan fingerprint density at radius 1 is 1.05 bits per heavy atom. The number of hydrogen-bond acceptors (Lipinski definition) is 2. The lowest BCUT2D eigenvalue weighted by molar-refractivity contribution is -0.129. The Bertz CT molecular complexity index is 532. The van der Waals surface area contributed by atoms with Gasteiger partial charge in [-0.05, 0) is 30.5 Å². The zero-order valence-electron chi connectivity index (χ0n) is 12.5. The predicted molar refractivity (Wildman–Crippen MR) is 75.4 cm³/mol. The molecule has 6 heteroatoms. The number of amides is 2. The molecule has 2 atom stereocenters. The summed E-state index contributed by atoms with van der Waals surface area (Å²) < 4.78 is 26.1. The van der Waals surface area contributed by atoms with Crippen LogP contribution in [-0.2, 0) is 9.59 Å². The summed E-state index contributed by atoms with van der Waals surface area (Å²) in [6.07, 6.45) is 0. The van der Waals surface area contributed by atoms with E-state index in [4.69, 9.17) is 0 Å². The summed E-state index contributed by atoms with van der Waals surface area (Å²) in [6, 6.07) is 2.30. The zero-order valence-corrected chi connectivity index (χ0v) is 12.5. The van der Waals surface area contributed by atoms with Gasteiger partial charge in [-0.2, -0.15) is 0 Å². The molecular formula is C15H20F2N2O2. The molecule has 0 radical (unpaired) electrons. The molecule has 0 spiro atoms. The van der Waals surface area contributed by atoms with Crippen molar-refractivity contribution in [2.75, 3.05) is 0 Å². The third-order valence-corrected chi connectivity index (χ3v) is 3.11. The van der Waals surface area contributed by atoms with Gasteiger partial charge in [-0.25, -0.2) is 8.78 Å². The van der Waals surface area contributed by atoms with Crippen molar-refractivity contribution in [3.05, 3.63) is 35.4 Å². The van der Waals surface area contributed by atoms with E-state index in [2.05, 4.69) is 10.6 Å². The second-order valence-corrected chi connectivity index (χ2v) is 5.33. The number of benzene rings is 1. The molecule has 0 aromatic heterocycles. The molecule has 2 N–H and O–H groups in total. The topological polar surface area (TPSA) is 58.2 Å². The molecule has 21 heavy (non-hydrogen) atoms. The average Bonchev–Trinajstić information content (AvgIpc) is 2.38. The maximum absolute atomic E-state index is 13.2. The highest BCUT2D eigenvalue weighted by Gasteiger charge is 2.24. The maximum atomic E-state index is 13.2. The summed E-state index contributed by atoms with van der Waals surface area (Å²) in [5.74, 6) is -2.65. The van der Waals surface area contributed by atoms with E-state index in [1.54, 1.807) is 6.92 Å². The van der Waals surface area contributed by atoms with Gasteiger partial charge in [0.05, 0.1) is 6.04 Å². The number of carbonyl (C=O) groups excluding carboxylic acids is 2. The zero-order chi connectivity index (χ0) is 16.2. The van der Waals surface area contributed by atoms with Crippen molar-refractivity contribution in [2.24, 2.45) is 5.92 Å². The van der Waals surface area contributed by atoms with E-state index >= 15 is 0 Å². The van der Waals surface area contributed by atoms with Gasteiger partial charge in [0.25, 0.3) is 0 Å². The molecule has 0 aliphatic rings. The SMILES string of the molecule is CC(=O)N[C@@H](C(=O)N[C@@H](C)c1ccc(F)c(F)c1)C(C)C. The summed E-state index contributed by atoms with van der Waals surface area (Å²) in [6.45, 7) is 6.61. The molecule has 1 rings (SSSR count). The average molecular weight is 298 g/mol. The Kier molecular flexibility index (Phi) is 5.81. The van der Waals surface area contributed by atoms with Crippen LogP contribution in [0.3, 0.4) is 0 Å². The third-order valence-electron chi connectivity index (χ3n) is 3.11. The van der Waals surface area contributed by atoms with Gasteiger partial charge in [0.1, 0.15) is 6.04 Å². The summed E-state index contributed by atoms with van der Waals surface area (Å²) in [7, 11) is 0. The summed E-state index contributed by atoms with van der Waals surface area (Å²) in [4.78, 5) is 23.3. The van der Waals surface area contributed by atoms with Gasteiger partial charge in [-0.1, -0.05) is 19.9 Å². The van der Waals surface area contributed by atoms with Crippen molar-refractivity contribution in [1.29, 1.82) is 0 Å². The van der Waals surface area contributed by atoms with E-state index in [0.717, 1.165) is 12.1 Å². The van der Waals surface area contributed by atoms with Gasteiger partial charge in [0.2, 0.25) is 11.8 Å². The number of nitrogens with one attached hydrogen (secondary N) is 2. The molecule has 0 aliphatic carbocycles. The highest BCUT2D eigenvalue weighted by atomic mass is 19.2. The van der Waals surface area contributed by atoms with Crippen LogP contribution in [0.1, 0.15) is 39.3 Å². The van der Waals surface area contributed by atoms with Crippen LogP contribution in [0.15, 0.2) is 18.2 Å². The van der Waals surface area contributed by atoms with Crippen LogP contribution in [0, 0.1) is 17.6 Å². The van der Waals surface area contributed by atoms with E-state index in [0.29, 0.717) is 5.56 Å². The van der Waals surface area contributed by atoms with Crippen LogP contribution < -0.4 is 10.6 Å². The van der Waals surface area contributed by atoms with E-state index in [9.17, 15) is 18.4 Å². The van der Waals surface area contributed by atoms with Crippen LogP contribution in [0.5, 0.6) is 0 Å². The minimum absolute atomic E-state index is 0.0916. The highest BCUT2D eigenvalue weighted by Crippen LogP contribution is 2.16. The van der Waals surface area contributed by atoms with Gasteiger partial charge in [0.15, 0.2) is 11.6 Å². The summed E-state index contributed by atoms with van der Waals surface area (Å²) >= 11 is 0. The Hall–Kier alpha value is -1.98. The molecule has 0 saturated carbocycles. The van der Waals surface area contributed by atoms with Crippen molar-refractivity contribution < 1.29 is 18.4 Å². The van der Waals surface area contributed by atoms with Crippen LogP contribution in [0.4, 0.5) is 8.78 Å². The van der Waals surface area contributed by atoms with Crippen molar-refractivity contribution in [3.8, 4) is 0 Å². The molecule has 0 aliphatic heterocycles. The fourth-order valence-corrected chi connectivity index (χ4v) is 1.92. The summed E-state index contributed by atoms with van der Waals surface area (Å²) in [5.41, 5.74) is 0.451. The van der Waals surface area contributed by atoms with E-state index < -0.39 is 23.7 Å². The fourth-order valence-electron chi connectivity index (χ4n) is 1.92. The lowest BCUT2D eigenvalue weighted by Gasteiger charge is -2.23. The lowest BCUT2D eigenvalue weighted by atomic mass is 10.0. The second-order valence-electron chi connectivity index (χ2n) is 5.33. The van der Waals surface area contributed by atoms with Gasteiger partial charge in [-0.15, -0.1) is 0 Å². The minimum atomic E-state index is -0.962. The largest absolute Gasteiger partial charge is 0.348 e. The van der Waals surface area contributed by atoms with Gasteiger partial charge in [0, 0.05) is 6.92 Å². The number of hydrogen-bond donors (Lipinski definition) is 2. The first-order chi connectivity index (χ1) is 9.72. The van der Waals surface area contributed by atoms with Gasteiger partial charge >= 0.3 is 0 Å². The Labute approximate surface area is 122 Å². The Balaban J connectivity index is 2.79. The monoisotopic (exact) mass is 298 g/mol. The first-order valence-corrected chi connectivity index (χ1v) is 6.74. The van der Waals surface area contributed by atoms with Crippen molar-refractivity contribution in [3.63, 3.8) is 0 Å². The molecule has 0 saturated heterocycles. The van der Waals surface area contributed by atoms with Crippen molar-refractivity contribution >= 4 is 11.8 Å². The smallest absolute Gasteiger partial charge is 0.243 e. The molecule has 0 bridgehead atoms. The Morgan fingerprint density at radius 3 is 2.14 bits per heavy atom. The summed E-state index contributed by atoms with van der Waals surface area (Å²) in [5, 5.41) is 5.26. The van der Waals surface area contributed by atoms with E-state index in [-0.39, 0.29) is 17.7 Å². The quantitative estimate of drug-likeness (QED) is 0.876. The molecule has 1 aromatic carbocycles. The van der Waals surface area contributed by atoms with Crippen molar-refractivity contribution in [2.45, 2.75) is 39.8 Å². The first kappa shape index (κ1) is 17.1. The van der Waals surface area contributed by atoms with Gasteiger partial charge in [-0.3, -0.25) is 9.59 Å². The molecule has 0 unspecified atom stereocenters. The fraction of sp³-hybridized carbons (Fsp3) is 0.467. The van der Waals surface area contributed by atoms with Crippen LogP contribution in [0.25, 0.3) is 0 Å². The van der Waals surface area contributed by atoms with Crippen LogP contribution in [-0.4, -0.2) is 17.9 Å². The third kappa shape index (κ3) is 4.81. The predicted octanol–water partition coefficient (Wildman–Crippen LogP) is 2.30. The molecule has 0 heterocycles. The number of carbonyl (C=O) groups is 2. The molecule has 2 amide bonds. The number of rotatable bonds is 5. The van der Waals surface area contributed by atoms with E-state index in [1.807, 2.05) is 13.8 Å². The van der Waals surface area contributed by atoms with Crippen LogP contribution in [0.2, 0.25) is 0 Å². The molecule has 4 nitrogen and oxygen atoms in total. The molecular weight excluding hydrogens is 278 g/mol. The maximum Gasteiger partial charge on any atom is 0.243 e. The highest BCUT2D eigenvalue weighted by molar-refractivity contribution is 5.87. The minimum Gasteiger partial charge on any atom is -0.348 e. The van der Waals surface area contributed by atoms with Gasteiger partial charge < -0.3 is 10.6 Å². The molecule has 1 aromatic rings. The van der Waals surface area contributed by atoms with E-state index in [1.165, 1.54) is 13.0 Å². The number of halogens is 2. The molecule has 0 fully saturated rings. The van der Waals surface area contributed by atoms with Crippen LogP contribution >= 0.6 is 0 Å². The first-order valence-electron chi connectivity index (χ1n) is 6.74. The normalized spacial score (nSPS) is 13.7. The lowest BCUT2D eigenvalue weighted by Crippen LogP contribution is -2.49. The standard InChI is InChI=1S/C15H20F2N2O2/c1-8(2)14(19-10(4)20)15(21)18-9(3)11-5-6-12(16)13(17)7-11/h5-9,14H,1-4H3,(H,18,21)(H,19,20)/t9-,14+/m0/s1. The molecule has 116 valence electrons. The Morgan fingerprint density at radius 2 is 1.67 bits per heavy atom.